The third-order valence-electron chi connectivity index (χ3n) is 4.87. The quantitative estimate of drug-likeness (QED) is 0.652. The van der Waals surface area contributed by atoms with Crippen LogP contribution in [0.5, 0.6) is 5.75 Å². The number of nitrogens with zero attached hydrogens (tertiary/aromatic N) is 1. The fraction of sp³-hybridized carbons (Fsp3) is 0.471. The fourth-order valence-corrected chi connectivity index (χ4v) is 3.89. The summed E-state index contributed by atoms with van der Waals surface area (Å²) in [5, 5.41) is 10.8. The molecule has 2 bridgehead atoms. The molecular formula is C17H21ClN2O4. The van der Waals surface area contributed by atoms with E-state index < -0.39 is 6.04 Å². The van der Waals surface area contributed by atoms with Gasteiger partial charge in [-0.1, -0.05) is 0 Å². The molecule has 6 nitrogen and oxygen atoms in total. The van der Waals surface area contributed by atoms with E-state index in [4.69, 9.17) is 9.47 Å². The maximum absolute atomic E-state index is 12.6. The molecule has 130 valence electrons. The number of methoxy groups -OCH3 is 1. The van der Waals surface area contributed by atoms with Crippen LogP contribution in [0.1, 0.15) is 29.6 Å². The zero-order valence-corrected chi connectivity index (χ0v) is 14.3. The Bertz CT molecular complexity index is 760. The van der Waals surface area contributed by atoms with Crippen LogP contribution >= 0.6 is 12.4 Å². The molecular weight excluding hydrogens is 332 g/mol. The number of halogens is 1. The molecule has 0 aliphatic carbocycles. The lowest BCUT2D eigenvalue weighted by Crippen LogP contribution is -2.37. The maximum atomic E-state index is 12.6. The largest absolute Gasteiger partial charge is 0.508 e. The summed E-state index contributed by atoms with van der Waals surface area (Å²) >= 11 is 0. The standard InChI is InChI=1S/C17H20N2O4.ClH/c1-22-6-7-23-17(21)16-15-14(10-4-5-19(16)9-10)12-8-11(20)2-3-13(12)18-15;/h2-3,8,10,16,18,20H,4-7,9H2,1H3;1H. The number of fused-ring (bicyclic) bond motifs is 6. The minimum Gasteiger partial charge on any atom is -0.508 e. The van der Waals surface area contributed by atoms with Gasteiger partial charge in [-0.2, -0.15) is 0 Å². The fourth-order valence-electron chi connectivity index (χ4n) is 3.89. The lowest BCUT2D eigenvalue weighted by molar-refractivity contribution is -0.151. The Labute approximate surface area is 146 Å². The Morgan fingerprint density at radius 3 is 3.04 bits per heavy atom. The Hall–Kier alpha value is -1.76. The third-order valence-corrected chi connectivity index (χ3v) is 4.87. The molecule has 2 aliphatic heterocycles. The van der Waals surface area contributed by atoms with E-state index in [-0.39, 0.29) is 30.7 Å². The van der Waals surface area contributed by atoms with Crippen LogP contribution < -0.4 is 0 Å². The number of rotatable bonds is 4. The second-order valence-electron chi connectivity index (χ2n) is 6.23. The van der Waals surface area contributed by atoms with Gasteiger partial charge < -0.3 is 19.6 Å². The SMILES string of the molecule is COCCOC(=O)C1c2[nH]c3ccc(O)cc3c2C2CCN1C2.Cl. The van der Waals surface area contributed by atoms with Gasteiger partial charge in [0.15, 0.2) is 0 Å². The zero-order valence-electron chi connectivity index (χ0n) is 13.4. The number of carbonyl (C=O) groups is 1. The maximum Gasteiger partial charge on any atom is 0.329 e. The number of nitrogens with one attached hydrogen (secondary N) is 1. The van der Waals surface area contributed by atoms with E-state index in [0.29, 0.717) is 12.5 Å². The first kappa shape index (κ1) is 17.1. The number of aromatic nitrogens is 1. The van der Waals surface area contributed by atoms with Gasteiger partial charge in [0.2, 0.25) is 0 Å². The van der Waals surface area contributed by atoms with Crippen molar-refractivity contribution in [3.05, 3.63) is 29.5 Å². The summed E-state index contributed by atoms with van der Waals surface area (Å²) in [6.45, 7) is 2.41. The van der Waals surface area contributed by atoms with Gasteiger partial charge in [0, 0.05) is 36.2 Å². The molecule has 2 aromatic rings. The summed E-state index contributed by atoms with van der Waals surface area (Å²) in [5.41, 5.74) is 3.04. The van der Waals surface area contributed by atoms with Gasteiger partial charge in [0.25, 0.3) is 0 Å². The number of carbonyl (C=O) groups excluding carboxylic acids is 1. The molecule has 1 saturated heterocycles. The number of H-pyrrole nitrogens is 1. The van der Waals surface area contributed by atoms with Crippen LogP contribution in [-0.2, 0) is 14.3 Å². The average Bonchev–Trinajstić information content (AvgIpc) is 3.10. The Morgan fingerprint density at radius 1 is 1.42 bits per heavy atom. The minimum absolute atomic E-state index is 0. The number of benzene rings is 1. The topological polar surface area (TPSA) is 74.8 Å². The number of esters is 1. The molecule has 3 atom stereocenters. The highest BCUT2D eigenvalue weighted by Gasteiger charge is 2.44. The number of hydrogen-bond acceptors (Lipinski definition) is 5. The van der Waals surface area contributed by atoms with Crippen molar-refractivity contribution in [1.82, 2.24) is 9.88 Å². The van der Waals surface area contributed by atoms with Gasteiger partial charge in [-0.15, -0.1) is 12.4 Å². The molecule has 0 saturated carbocycles. The molecule has 2 aliphatic rings. The molecule has 1 fully saturated rings. The molecule has 0 spiro atoms. The second-order valence-corrected chi connectivity index (χ2v) is 6.23. The van der Waals surface area contributed by atoms with Gasteiger partial charge in [0.1, 0.15) is 18.4 Å². The van der Waals surface area contributed by atoms with Gasteiger partial charge in [0.05, 0.1) is 6.61 Å². The Balaban J connectivity index is 0.00000169. The smallest absolute Gasteiger partial charge is 0.329 e. The highest BCUT2D eigenvalue weighted by molar-refractivity contribution is 5.90. The third kappa shape index (κ3) is 2.64. The van der Waals surface area contributed by atoms with E-state index in [9.17, 15) is 9.90 Å². The normalized spacial score (nSPS) is 24.5. The van der Waals surface area contributed by atoms with Crippen molar-refractivity contribution >= 4 is 29.3 Å². The Kier molecular flexibility index (Phi) is 4.71. The Morgan fingerprint density at radius 2 is 2.25 bits per heavy atom. The average molecular weight is 353 g/mol. The molecule has 2 N–H and O–H groups in total. The van der Waals surface area contributed by atoms with Crippen LogP contribution in [0.4, 0.5) is 0 Å². The first-order valence-electron chi connectivity index (χ1n) is 7.93. The predicted molar refractivity (Wildman–Crippen MR) is 91.7 cm³/mol. The molecule has 1 aromatic carbocycles. The molecule has 24 heavy (non-hydrogen) atoms. The first-order valence-corrected chi connectivity index (χ1v) is 7.93. The van der Waals surface area contributed by atoms with Crippen LogP contribution in [0.15, 0.2) is 18.2 Å². The molecule has 3 unspecified atom stereocenters. The number of aromatic amines is 1. The van der Waals surface area contributed by atoms with Crippen LogP contribution in [-0.4, -0.2) is 54.4 Å². The summed E-state index contributed by atoms with van der Waals surface area (Å²) < 4.78 is 10.3. The van der Waals surface area contributed by atoms with E-state index >= 15 is 0 Å². The molecule has 0 amide bonds. The molecule has 3 heterocycles. The summed E-state index contributed by atoms with van der Waals surface area (Å²) in [6.07, 6.45) is 1.03. The van der Waals surface area contributed by atoms with Crippen molar-refractivity contribution in [3.8, 4) is 5.75 Å². The second kappa shape index (κ2) is 6.63. The molecule has 7 heteroatoms. The number of aromatic hydroxyl groups is 1. The molecule has 1 aromatic heterocycles. The number of ether oxygens (including phenoxy) is 2. The van der Waals surface area contributed by atoms with E-state index in [0.717, 1.165) is 36.1 Å². The van der Waals surface area contributed by atoms with Gasteiger partial charge in [-0.3, -0.25) is 4.90 Å². The van der Waals surface area contributed by atoms with Crippen LogP contribution in [0, 0.1) is 0 Å². The highest BCUT2D eigenvalue weighted by Crippen LogP contribution is 2.46. The van der Waals surface area contributed by atoms with Crippen molar-refractivity contribution in [2.75, 3.05) is 33.4 Å². The van der Waals surface area contributed by atoms with E-state index in [1.54, 1.807) is 19.2 Å². The van der Waals surface area contributed by atoms with Crippen LogP contribution in [0.3, 0.4) is 0 Å². The van der Waals surface area contributed by atoms with Gasteiger partial charge >= 0.3 is 5.97 Å². The first-order chi connectivity index (χ1) is 11.2. The van der Waals surface area contributed by atoms with Crippen molar-refractivity contribution in [3.63, 3.8) is 0 Å². The number of hydrogen-bond donors (Lipinski definition) is 2. The number of phenolic OH excluding ortho intramolecular Hbond substituents is 1. The molecule has 0 radical (unpaired) electrons. The molecule has 4 rings (SSSR count). The van der Waals surface area contributed by atoms with Gasteiger partial charge in [-0.25, -0.2) is 4.79 Å². The summed E-state index contributed by atoms with van der Waals surface area (Å²) in [7, 11) is 1.59. The summed E-state index contributed by atoms with van der Waals surface area (Å²) in [5.74, 6) is 0.418. The summed E-state index contributed by atoms with van der Waals surface area (Å²) in [6, 6.07) is 4.91. The lowest BCUT2D eigenvalue weighted by Gasteiger charge is -2.30. The van der Waals surface area contributed by atoms with E-state index in [2.05, 4.69) is 9.88 Å². The highest BCUT2D eigenvalue weighted by atomic mass is 35.5. The zero-order chi connectivity index (χ0) is 16.0. The summed E-state index contributed by atoms with van der Waals surface area (Å²) in [4.78, 5) is 18.1. The van der Waals surface area contributed by atoms with Crippen LogP contribution in [0.25, 0.3) is 10.9 Å². The monoisotopic (exact) mass is 352 g/mol. The van der Waals surface area contributed by atoms with Gasteiger partial charge in [-0.05, 0) is 36.7 Å². The van der Waals surface area contributed by atoms with E-state index in [1.165, 1.54) is 5.56 Å². The van der Waals surface area contributed by atoms with Crippen LogP contribution in [0.2, 0.25) is 0 Å². The van der Waals surface area contributed by atoms with Crippen molar-refractivity contribution < 1.29 is 19.4 Å². The van der Waals surface area contributed by atoms with Crippen molar-refractivity contribution in [2.24, 2.45) is 0 Å². The number of phenols is 1. The van der Waals surface area contributed by atoms with E-state index in [1.807, 2.05) is 6.07 Å². The lowest BCUT2D eigenvalue weighted by atomic mass is 9.90. The minimum atomic E-state index is -0.393. The predicted octanol–water partition coefficient (Wildman–Crippen LogP) is 2.33. The van der Waals surface area contributed by atoms with Crippen molar-refractivity contribution in [2.45, 2.75) is 18.4 Å². The van der Waals surface area contributed by atoms with Crippen molar-refractivity contribution in [1.29, 1.82) is 0 Å².